The van der Waals surface area contributed by atoms with Crippen LogP contribution in [0.2, 0.25) is 0 Å². The number of aliphatic carboxylic acids is 1. The van der Waals surface area contributed by atoms with Crippen LogP contribution < -0.4 is 5.73 Å². The standard InChI is InChI=1S/C10H13NO5/c1-5-6(10(14)15-2)3-8(16-5)7(4-11)9(12)13/h3,7H,4,11H2,1-2H3,(H,12,13). The first kappa shape index (κ1) is 12.3. The SMILES string of the molecule is COC(=O)c1cc(C(CN)C(=O)O)oc1C. The molecule has 6 nitrogen and oxygen atoms in total. The lowest BCUT2D eigenvalue weighted by atomic mass is 10.1. The van der Waals surface area contributed by atoms with Crippen LogP contribution in [0.3, 0.4) is 0 Å². The highest BCUT2D eigenvalue weighted by atomic mass is 16.5. The van der Waals surface area contributed by atoms with Gasteiger partial charge in [0.15, 0.2) is 0 Å². The molecule has 0 saturated heterocycles. The van der Waals surface area contributed by atoms with Crippen LogP contribution >= 0.6 is 0 Å². The lowest BCUT2D eigenvalue weighted by Gasteiger charge is -2.04. The van der Waals surface area contributed by atoms with E-state index in [2.05, 4.69) is 4.74 Å². The molecule has 1 atom stereocenters. The van der Waals surface area contributed by atoms with E-state index in [9.17, 15) is 9.59 Å². The Labute approximate surface area is 92.0 Å². The van der Waals surface area contributed by atoms with Gasteiger partial charge in [-0.3, -0.25) is 4.79 Å². The minimum absolute atomic E-state index is 0.0943. The van der Waals surface area contributed by atoms with Crippen LogP contribution in [0, 0.1) is 6.92 Å². The zero-order chi connectivity index (χ0) is 12.3. The van der Waals surface area contributed by atoms with Crippen molar-refractivity contribution in [2.24, 2.45) is 5.73 Å². The number of esters is 1. The van der Waals surface area contributed by atoms with E-state index in [-0.39, 0.29) is 17.9 Å². The molecule has 1 heterocycles. The molecule has 0 bridgehead atoms. The Morgan fingerprint density at radius 1 is 1.62 bits per heavy atom. The number of nitrogens with two attached hydrogens (primary N) is 1. The number of aryl methyl sites for hydroxylation is 1. The molecule has 0 aromatic carbocycles. The molecular formula is C10H13NO5. The summed E-state index contributed by atoms with van der Waals surface area (Å²) in [7, 11) is 1.24. The number of rotatable bonds is 4. The molecule has 0 fully saturated rings. The molecule has 1 rings (SSSR count). The van der Waals surface area contributed by atoms with E-state index in [0.29, 0.717) is 5.76 Å². The van der Waals surface area contributed by atoms with Gasteiger partial charge in [-0.05, 0) is 13.0 Å². The molecule has 16 heavy (non-hydrogen) atoms. The van der Waals surface area contributed by atoms with Gasteiger partial charge in [0, 0.05) is 6.54 Å². The summed E-state index contributed by atoms with van der Waals surface area (Å²) in [6.45, 7) is 1.47. The number of carboxylic acid groups (broad SMARTS) is 1. The molecule has 1 aromatic rings. The lowest BCUT2D eigenvalue weighted by molar-refractivity contribution is -0.138. The normalized spacial score (nSPS) is 12.2. The van der Waals surface area contributed by atoms with Crippen molar-refractivity contribution in [3.05, 3.63) is 23.2 Å². The number of carbonyl (C=O) groups excluding carboxylic acids is 1. The van der Waals surface area contributed by atoms with E-state index in [1.807, 2.05) is 0 Å². The van der Waals surface area contributed by atoms with Gasteiger partial charge in [-0.15, -0.1) is 0 Å². The Kier molecular flexibility index (Phi) is 3.68. The number of ether oxygens (including phenoxy) is 1. The third-order valence-electron chi connectivity index (χ3n) is 2.22. The van der Waals surface area contributed by atoms with E-state index in [1.54, 1.807) is 6.92 Å². The second-order valence-corrected chi connectivity index (χ2v) is 3.24. The van der Waals surface area contributed by atoms with E-state index in [0.717, 1.165) is 0 Å². The van der Waals surface area contributed by atoms with Crippen LogP contribution in [0.1, 0.15) is 27.8 Å². The highest BCUT2D eigenvalue weighted by Crippen LogP contribution is 2.22. The first-order valence-corrected chi connectivity index (χ1v) is 4.62. The maximum Gasteiger partial charge on any atom is 0.341 e. The third kappa shape index (κ3) is 2.22. The highest BCUT2D eigenvalue weighted by molar-refractivity contribution is 5.91. The van der Waals surface area contributed by atoms with E-state index in [4.69, 9.17) is 15.3 Å². The van der Waals surface area contributed by atoms with Gasteiger partial charge < -0.3 is 20.0 Å². The van der Waals surface area contributed by atoms with Crippen LogP contribution in [-0.4, -0.2) is 30.7 Å². The molecule has 88 valence electrons. The molecule has 6 heteroatoms. The van der Waals surface area contributed by atoms with Crippen molar-refractivity contribution in [1.82, 2.24) is 0 Å². The lowest BCUT2D eigenvalue weighted by Crippen LogP contribution is -2.20. The molecular weight excluding hydrogens is 214 g/mol. The molecule has 0 aliphatic heterocycles. The monoisotopic (exact) mass is 227 g/mol. The predicted molar refractivity (Wildman–Crippen MR) is 54.2 cm³/mol. The van der Waals surface area contributed by atoms with Gasteiger partial charge in [-0.1, -0.05) is 0 Å². The maximum atomic E-state index is 11.3. The van der Waals surface area contributed by atoms with Crippen LogP contribution in [-0.2, 0) is 9.53 Å². The molecule has 1 aromatic heterocycles. The average molecular weight is 227 g/mol. The van der Waals surface area contributed by atoms with Crippen molar-refractivity contribution in [2.75, 3.05) is 13.7 Å². The van der Waals surface area contributed by atoms with Gasteiger partial charge in [0.05, 0.1) is 7.11 Å². The van der Waals surface area contributed by atoms with Gasteiger partial charge in [0.25, 0.3) is 0 Å². The summed E-state index contributed by atoms with van der Waals surface area (Å²) in [5, 5.41) is 8.87. The second-order valence-electron chi connectivity index (χ2n) is 3.24. The van der Waals surface area contributed by atoms with Crippen LogP contribution in [0.4, 0.5) is 0 Å². The van der Waals surface area contributed by atoms with E-state index in [1.165, 1.54) is 13.2 Å². The van der Waals surface area contributed by atoms with Gasteiger partial charge in [-0.2, -0.15) is 0 Å². The first-order chi connectivity index (χ1) is 7.51. The summed E-state index contributed by atoms with van der Waals surface area (Å²) in [5.74, 6) is -2.12. The minimum Gasteiger partial charge on any atom is -0.481 e. The Bertz CT molecular complexity index is 409. The van der Waals surface area contributed by atoms with Crippen molar-refractivity contribution in [1.29, 1.82) is 0 Å². The van der Waals surface area contributed by atoms with E-state index < -0.39 is 17.9 Å². The second kappa shape index (κ2) is 4.80. The maximum absolute atomic E-state index is 11.3. The molecule has 0 radical (unpaired) electrons. The summed E-state index contributed by atoms with van der Waals surface area (Å²) < 4.78 is 9.72. The topological polar surface area (TPSA) is 103 Å². The fourth-order valence-corrected chi connectivity index (χ4v) is 1.33. The number of furan rings is 1. The van der Waals surface area contributed by atoms with Crippen molar-refractivity contribution < 1.29 is 23.8 Å². The number of hydrogen-bond acceptors (Lipinski definition) is 5. The van der Waals surface area contributed by atoms with Crippen molar-refractivity contribution in [2.45, 2.75) is 12.8 Å². The summed E-state index contributed by atoms with van der Waals surface area (Å²) in [4.78, 5) is 22.1. The minimum atomic E-state index is -1.09. The highest BCUT2D eigenvalue weighted by Gasteiger charge is 2.25. The summed E-state index contributed by atoms with van der Waals surface area (Å²) in [6, 6.07) is 1.35. The van der Waals surface area contributed by atoms with Crippen LogP contribution in [0.25, 0.3) is 0 Å². The molecule has 0 saturated carbocycles. The number of carboxylic acids is 1. The average Bonchev–Trinajstić information content (AvgIpc) is 2.59. The fraction of sp³-hybridized carbons (Fsp3) is 0.400. The van der Waals surface area contributed by atoms with Crippen LogP contribution in [0.5, 0.6) is 0 Å². The molecule has 0 amide bonds. The Hall–Kier alpha value is -1.82. The van der Waals surface area contributed by atoms with Crippen molar-refractivity contribution >= 4 is 11.9 Å². The summed E-state index contributed by atoms with van der Waals surface area (Å²) >= 11 is 0. The van der Waals surface area contributed by atoms with Gasteiger partial charge >= 0.3 is 11.9 Å². The van der Waals surface area contributed by atoms with Crippen molar-refractivity contribution in [3.8, 4) is 0 Å². The van der Waals surface area contributed by atoms with E-state index >= 15 is 0 Å². The number of hydrogen-bond donors (Lipinski definition) is 2. The molecule has 0 spiro atoms. The van der Waals surface area contributed by atoms with Gasteiger partial charge in [-0.25, -0.2) is 4.79 Å². The molecule has 3 N–H and O–H groups in total. The Balaban J connectivity index is 3.08. The smallest absolute Gasteiger partial charge is 0.341 e. The van der Waals surface area contributed by atoms with Crippen LogP contribution in [0.15, 0.2) is 10.5 Å². The number of carbonyl (C=O) groups is 2. The molecule has 0 aliphatic carbocycles. The number of methoxy groups -OCH3 is 1. The van der Waals surface area contributed by atoms with Gasteiger partial charge in [0.1, 0.15) is 23.0 Å². The largest absolute Gasteiger partial charge is 0.481 e. The summed E-state index contributed by atoms with van der Waals surface area (Å²) in [5.41, 5.74) is 5.54. The van der Waals surface area contributed by atoms with Crippen molar-refractivity contribution in [3.63, 3.8) is 0 Å². The van der Waals surface area contributed by atoms with Gasteiger partial charge in [0.2, 0.25) is 0 Å². The Morgan fingerprint density at radius 2 is 2.25 bits per heavy atom. The quantitative estimate of drug-likeness (QED) is 0.726. The summed E-state index contributed by atoms with van der Waals surface area (Å²) in [6.07, 6.45) is 0. The molecule has 1 unspecified atom stereocenters. The molecule has 0 aliphatic rings. The zero-order valence-electron chi connectivity index (χ0n) is 9.02. The zero-order valence-corrected chi connectivity index (χ0v) is 9.02. The third-order valence-corrected chi connectivity index (χ3v) is 2.22. The first-order valence-electron chi connectivity index (χ1n) is 4.62. The predicted octanol–water partition coefficient (Wildman–Crippen LogP) is 0.502. The fourth-order valence-electron chi connectivity index (χ4n) is 1.33. The Morgan fingerprint density at radius 3 is 2.69 bits per heavy atom.